The van der Waals surface area contributed by atoms with Gasteiger partial charge in [-0.3, -0.25) is 0 Å². The molecule has 0 spiro atoms. The minimum atomic E-state index is 0.184. The topological polar surface area (TPSA) is 51.8 Å². The van der Waals surface area contributed by atoms with Crippen molar-refractivity contribution in [3.8, 4) is 17.2 Å². The molecule has 102 valence electrons. The van der Waals surface area contributed by atoms with Gasteiger partial charge >= 0.3 is 0 Å². The molecule has 0 aromatic heterocycles. The second-order valence-electron chi connectivity index (χ2n) is 3.86. The van der Waals surface area contributed by atoms with Crippen LogP contribution in [0, 0.1) is 0 Å². The van der Waals surface area contributed by atoms with Crippen LogP contribution >= 0.6 is 0 Å². The molecular weight excluding hydrogens is 232 g/mol. The van der Waals surface area contributed by atoms with Crippen molar-refractivity contribution >= 4 is 0 Å². The third kappa shape index (κ3) is 3.05. The van der Waals surface area contributed by atoms with E-state index >= 15 is 0 Å². The van der Waals surface area contributed by atoms with Gasteiger partial charge in [0.05, 0.1) is 21.3 Å². The van der Waals surface area contributed by atoms with E-state index in [4.69, 9.17) is 14.2 Å². The van der Waals surface area contributed by atoms with Crippen molar-refractivity contribution in [2.45, 2.75) is 6.04 Å². The summed E-state index contributed by atoms with van der Waals surface area (Å²) in [6.45, 7) is 0.815. The van der Waals surface area contributed by atoms with Gasteiger partial charge in [0.1, 0.15) is 0 Å². The summed E-state index contributed by atoms with van der Waals surface area (Å²) in [6.07, 6.45) is 0. The Morgan fingerprint density at radius 3 is 1.89 bits per heavy atom. The van der Waals surface area contributed by atoms with Crippen LogP contribution in [0.15, 0.2) is 12.1 Å². The van der Waals surface area contributed by atoms with Gasteiger partial charge in [-0.05, 0) is 31.8 Å². The van der Waals surface area contributed by atoms with Gasteiger partial charge in [0, 0.05) is 12.6 Å². The number of nitrogens with one attached hydrogen (secondary N) is 2. The SMILES string of the molecule is CNCC(NC)c1cc(OC)c(OC)c(OC)c1. The van der Waals surface area contributed by atoms with Gasteiger partial charge in [0.25, 0.3) is 0 Å². The van der Waals surface area contributed by atoms with Crippen LogP contribution in [-0.4, -0.2) is 42.0 Å². The van der Waals surface area contributed by atoms with E-state index in [1.807, 2.05) is 26.2 Å². The predicted octanol–water partition coefficient (Wildman–Crippen LogP) is 1.19. The molecule has 1 atom stereocenters. The second kappa shape index (κ2) is 7.08. The first-order chi connectivity index (χ1) is 8.71. The van der Waals surface area contributed by atoms with E-state index in [1.165, 1.54) is 0 Å². The molecule has 0 aliphatic carbocycles. The first-order valence-electron chi connectivity index (χ1n) is 5.83. The summed E-state index contributed by atoms with van der Waals surface area (Å²) < 4.78 is 16.0. The Morgan fingerprint density at radius 2 is 1.56 bits per heavy atom. The van der Waals surface area contributed by atoms with Crippen LogP contribution in [0.3, 0.4) is 0 Å². The lowest BCUT2D eigenvalue weighted by molar-refractivity contribution is 0.323. The van der Waals surface area contributed by atoms with Crippen molar-refractivity contribution in [2.24, 2.45) is 0 Å². The van der Waals surface area contributed by atoms with E-state index in [1.54, 1.807) is 21.3 Å². The third-order valence-corrected chi connectivity index (χ3v) is 2.85. The number of rotatable bonds is 7. The van der Waals surface area contributed by atoms with Gasteiger partial charge in [-0.1, -0.05) is 0 Å². The monoisotopic (exact) mass is 254 g/mol. The fraction of sp³-hybridized carbons (Fsp3) is 0.538. The predicted molar refractivity (Wildman–Crippen MR) is 71.8 cm³/mol. The zero-order chi connectivity index (χ0) is 13.5. The van der Waals surface area contributed by atoms with E-state index in [9.17, 15) is 0 Å². The van der Waals surface area contributed by atoms with Crippen molar-refractivity contribution in [1.82, 2.24) is 10.6 Å². The molecule has 1 aromatic carbocycles. The minimum Gasteiger partial charge on any atom is -0.493 e. The van der Waals surface area contributed by atoms with Gasteiger partial charge in [-0.15, -0.1) is 0 Å². The largest absolute Gasteiger partial charge is 0.493 e. The molecule has 0 saturated carbocycles. The van der Waals surface area contributed by atoms with Crippen LogP contribution in [0.5, 0.6) is 17.2 Å². The highest BCUT2D eigenvalue weighted by molar-refractivity contribution is 5.54. The lowest BCUT2D eigenvalue weighted by atomic mass is 10.1. The fourth-order valence-electron chi connectivity index (χ4n) is 1.89. The van der Waals surface area contributed by atoms with Crippen molar-refractivity contribution < 1.29 is 14.2 Å². The number of methoxy groups -OCH3 is 3. The van der Waals surface area contributed by atoms with Crippen LogP contribution in [-0.2, 0) is 0 Å². The maximum absolute atomic E-state index is 5.34. The summed E-state index contributed by atoms with van der Waals surface area (Å²) in [7, 11) is 8.68. The smallest absolute Gasteiger partial charge is 0.203 e. The van der Waals surface area contributed by atoms with Crippen molar-refractivity contribution in [3.63, 3.8) is 0 Å². The molecule has 5 heteroatoms. The lowest BCUT2D eigenvalue weighted by Crippen LogP contribution is -2.27. The van der Waals surface area contributed by atoms with E-state index < -0.39 is 0 Å². The number of hydrogen-bond donors (Lipinski definition) is 2. The summed E-state index contributed by atoms with van der Waals surface area (Å²) >= 11 is 0. The van der Waals surface area contributed by atoms with Gasteiger partial charge < -0.3 is 24.8 Å². The fourth-order valence-corrected chi connectivity index (χ4v) is 1.89. The summed E-state index contributed by atoms with van der Waals surface area (Å²) in [6, 6.07) is 4.10. The molecule has 0 amide bonds. The van der Waals surface area contributed by atoms with Crippen LogP contribution in [0.1, 0.15) is 11.6 Å². The molecular formula is C13H22N2O3. The van der Waals surface area contributed by atoms with Crippen LogP contribution in [0.4, 0.5) is 0 Å². The van der Waals surface area contributed by atoms with Crippen LogP contribution in [0.2, 0.25) is 0 Å². The first kappa shape index (κ1) is 14.6. The van der Waals surface area contributed by atoms with Crippen molar-refractivity contribution in [3.05, 3.63) is 17.7 Å². The molecule has 0 heterocycles. The van der Waals surface area contributed by atoms with Gasteiger partial charge in [-0.25, -0.2) is 0 Å². The highest BCUT2D eigenvalue weighted by atomic mass is 16.5. The van der Waals surface area contributed by atoms with E-state index in [0.29, 0.717) is 17.2 Å². The van der Waals surface area contributed by atoms with Gasteiger partial charge in [0.2, 0.25) is 5.75 Å². The molecule has 0 bridgehead atoms. The Kier molecular flexibility index (Phi) is 5.74. The molecule has 0 radical (unpaired) electrons. The molecule has 0 fully saturated rings. The van der Waals surface area contributed by atoms with Crippen LogP contribution < -0.4 is 24.8 Å². The molecule has 1 aromatic rings. The number of likely N-dealkylation sites (N-methyl/N-ethyl adjacent to an activating group) is 2. The van der Waals surface area contributed by atoms with E-state index in [-0.39, 0.29) is 6.04 Å². The van der Waals surface area contributed by atoms with E-state index in [0.717, 1.165) is 12.1 Å². The Bertz CT molecular complexity index is 357. The zero-order valence-electron chi connectivity index (χ0n) is 11.7. The lowest BCUT2D eigenvalue weighted by Gasteiger charge is -2.20. The molecule has 18 heavy (non-hydrogen) atoms. The number of benzene rings is 1. The third-order valence-electron chi connectivity index (χ3n) is 2.85. The molecule has 0 aliphatic rings. The summed E-state index contributed by atoms with van der Waals surface area (Å²) in [4.78, 5) is 0. The standard InChI is InChI=1S/C13H22N2O3/c1-14-8-10(15-2)9-6-11(16-3)13(18-5)12(7-9)17-4/h6-7,10,14-15H,8H2,1-5H3. The van der Waals surface area contributed by atoms with Gasteiger partial charge in [0.15, 0.2) is 11.5 Å². The Hall–Kier alpha value is -1.46. The molecule has 0 saturated heterocycles. The van der Waals surface area contributed by atoms with E-state index in [2.05, 4.69) is 10.6 Å². The summed E-state index contributed by atoms with van der Waals surface area (Å²) in [5, 5.41) is 6.39. The summed E-state index contributed by atoms with van der Waals surface area (Å²) in [5.41, 5.74) is 1.08. The molecule has 1 unspecified atom stereocenters. The average molecular weight is 254 g/mol. The second-order valence-corrected chi connectivity index (χ2v) is 3.86. The van der Waals surface area contributed by atoms with Crippen molar-refractivity contribution in [1.29, 1.82) is 0 Å². The highest BCUT2D eigenvalue weighted by Crippen LogP contribution is 2.39. The van der Waals surface area contributed by atoms with Crippen LogP contribution in [0.25, 0.3) is 0 Å². The average Bonchev–Trinajstić information content (AvgIpc) is 2.42. The molecule has 2 N–H and O–H groups in total. The quantitative estimate of drug-likeness (QED) is 0.765. The minimum absolute atomic E-state index is 0.184. The molecule has 0 aliphatic heterocycles. The van der Waals surface area contributed by atoms with Gasteiger partial charge in [-0.2, -0.15) is 0 Å². The van der Waals surface area contributed by atoms with Crippen molar-refractivity contribution in [2.75, 3.05) is 42.0 Å². The molecule has 1 rings (SSSR count). The Balaban J connectivity index is 3.21. The Labute approximate surface area is 108 Å². The number of ether oxygens (including phenoxy) is 3. The first-order valence-corrected chi connectivity index (χ1v) is 5.83. The highest BCUT2D eigenvalue weighted by Gasteiger charge is 2.17. The normalized spacial score (nSPS) is 12.1. The maximum atomic E-state index is 5.34. The molecule has 5 nitrogen and oxygen atoms in total. The Morgan fingerprint density at radius 1 is 1.00 bits per heavy atom. The maximum Gasteiger partial charge on any atom is 0.203 e. The zero-order valence-corrected chi connectivity index (χ0v) is 11.7. The summed E-state index contributed by atoms with van der Waals surface area (Å²) in [5.74, 6) is 1.95. The number of hydrogen-bond acceptors (Lipinski definition) is 5.